The number of benzene rings is 2. The van der Waals surface area contributed by atoms with Gasteiger partial charge in [0, 0.05) is 6.54 Å². The molecule has 0 aliphatic heterocycles. The van der Waals surface area contributed by atoms with E-state index in [0.29, 0.717) is 30.1 Å². The Morgan fingerprint density at radius 2 is 1.77 bits per heavy atom. The lowest BCUT2D eigenvalue weighted by Gasteiger charge is -2.21. The molecule has 0 heterocycles. The van der Waals surface area contributed by atoms with E-state index in [1.165, 1.54) is 24.0 Å². The molecule has 0 aromatic heterocycles. The van der Waals surface area contributed by atoms with Crippen LogP contribution in [0.15, 0.2) is 42.5 Å². The van der Waals surface area contributed by atoms with Crippen molar-refractivity contribution in [1.29, 1.82) is 0 Å². The van der Waals surface area contributed by atoms with E-state index in [9.17, 15) is 9.59 Å². The maximum absolute atomic E-state index is 12.9. The van der Waals surface area contributed by atoms with Crippen molar-refractivity contribution in [3.63, 3.8) is 0 Å². The second kappa shape index (κ2) is 10.3. The summed E-state index contributed by atoms with van der Waals surface area (Å²) in [5.74, 6) is 0.633. The number of aryl methyl sites for hydroxylation is 2. The molecule has 160 valence electrons. The summed E-state index contributed by atoms with van der Waals surface area (Å²) in [5, 5.41) is 5.79. The van der Waals surface area contributed by atoms with E-state index < -0.39 is 6.10 Å². The van der Waals surface area contributed by atoms with Crippen molar-refractivity contribution in [3.05, 3.63) is 59.2 Å². The van der Waals surface area contributed by atoms with E-state index in [4.69, 9.17) is 4.74 Å². The highest BCUT2D eigenvalue weighted by molar-refractivity contribution is 6.04. The fourth-order valence-electron chi connectivity index (χ4n) is 3.67. The maximum atomic E-state index is 12.9. The van der Waals surface area contributed by atoms with Gasteiger partial charge >= 0.3 is 0 Å². The van der Waals surface area contributed by atoms with Crippen LogP contribution >= 0.6 is 0 Å². The average molecular weight is 409 g/mol. The molecule has 1 aliphatic carbocycles. The Kier molecular flexibility index (Phi) is 7.50. The summed E-state index contributed by atoms with van der Waals surface area (Å²) in [4.78, 5) is 25.4. The van der Waals surface area contributed by atoms with Crippen molar-refractivity contribution in [1.82, 2.24) is 5.32 Å². The molecule has 3 rings (SSSR count). The number of anilines is 1. The van der Waals surface area contributed by atoms with Crippen LogP contribution in [0.2, 0.25) is 0 Å². The predicted molar refractivity (Wildman–Crippen MR) is 120 cm³/mol. The number of amides is 2. The van der Waals surface area contributed by atoms with Gasteiger partial charge in [0.25, 0.3) is 11.8 Å². The zero-order valence-corrected chi connectivity index (χ0v) is 18.2. The third-order valence-electron chi connectivity index (χ3n) is 5.36. The molecule has 1 unspecified atom stereocenters. The number of hydrogen-bond acceptors (Lipinski definition) is 3. The van der Waals surface area contributed by atoms with Gasteiger partial charge in [-0.2, -0.15) is 0 Å². The van der Waals surface area contributed by atoms with Crippen LogP contribution in [0.4, 0.5) is 5.69 Å². The van der Waals surface area contributed by atoms with Crippen LogP contribution in [0.3, 0.4) is 0 Å². The Morgan fingerprint density at radius 3 is 2.50 bits per heavy atom. The van der Waals surface area contributed by atoms with Gasteiger partial charge in [-0.05, 0) is 73.4 Å². The number of carbonyl (C=O) groups is 2. The van der Waals surface area contributed by atoms with Gasteiger partial charge in [0.05, 0.1) is 11.3 Å². The Hall–Kier alpha value is -2.82. The van der Waals surface area contributed by atoms with Crippen LogP contribution in [0.1, 0.15) is 61.5 Å². The Labute approximate surface area is 179 Å². The molecule has 0 spiro atoms. The molecule has 1 aliphatic rings. The van der Waals surface area contributed by atoms with Crippen LogP contribution in [0.25, 0.3) is 0 Å². The van der Waals surface area contributed by atoms with Gasteiger partial charge in [-0.15, -0.1) is 0 Å². The molecule has 0 fully saturated rings. The van der Waals surface area contributed by atoms with Gasteiger partial charge < -0.3 is 15.4 Å². The molecule has 0 saturated carbocycles. The third-order valence-corrected chi connectivity index (χ3v) is 5.36. The lowest BCUT2D eigenvalue weighted by atomic mass is 9.92. The molecule has 0 saturated heterocycles. The molecule has 1 atom stereocenters. The first kappa shape index (κ1) is 21.9. The number of fused-ring (bicyclic) bond motifs is 1. The lowest BCUT2D eigenvalue weighted by Crippen LogP contribution is -2.34. The van der Waals surface area contributed by atoms with E-state index in [1.807, 2.05) is 26.8 Å². The van der Waals surface area contributed by atoms with Crippen LogP contribution in [0, 0.1) is 5.92 Å². The molecule has 5 heteroatoms. The quantitative estimate of drug-likeness (QED) is 0.662. The molecule has 2 N–H and O–H groups in total. The van der Waals surface area contributed by atoms with E-state index in [-0.39, 0.29) is 11.8 Å². The molecule has 5 nitrogen and oxygen atoms in total. The second-order valence-electron chi connectivity index (χ2n) is 8.29. The van der Waals surface area contributed by atoms with Crippen LogP contribution in [-0.4, -0.2) is 24.5 Å². The normalized spacial score (nSPS) is 14.0. The number of nitrogens with one attached hydrogen (secondary N) is 2. The number of ether oxygens (including phenoxy) is 1. The molecule has 30 heavy (non-hydrogen) atoms. The van der Waals surface area contributed by atoms with Crippen LogP contribution in [0.5, 0.6) is 5.75 Å². The number of para-hydroxylation sites is 1. The number of rotatable bonds is 8. The molecule has 0 bridgehead atoms. The molecule has 2 aromatic carbocycles. The number of hydrogen-bond donors (Lipinski definition) is 2. The Balaban J connectivity index is 1.69. The Morgan fingerprint density at radius 1 is 1.03 bits per heavy atom. The highest BCUT2D eigenvalue weighted by Gasteiger charge is 2.22. The van der Waals surface area contributed by atoms with Crippen molar-refractivity contribution in [2.24, 2.45) is 5.92 Å². The van der Waals surface area contributed by atoms with Gasteiger partial charge in [-0.1, -0.05) is 39.0 Å². The molecule has 2 amide bonds. The zero-order valence-electron chi connectivity index (χ0n) is 18.2. The summed E-state index contributed by atoms with van der Waals surface area (Å²) in [5.41, 5.74) is 3.65. The standard InChI is InChI=1S/C25H32N2O3/c1-4-23(30-20-14-13-18-9-5-6-10-19(18)15-20)25(29)27-22-12-8-7-11-21(22)24(28)26-16-17(2)3/h7-8,11-15,17,23H,4-6,9-10,16H2,1-3H3,(H,26,28)(H,27,29). The number of carbonyl (C=O) groups excluding carboxylic acids is 2. The first-order valence-corrected chi connectivity index (χ1v) is 10.9. The van der Waals surface area contributed by atoms with Crippen molar-refractivity contribution in [2.45, 2.75) is 59.0 Å². The van der Waals surface area contributed by atoms with Crippen molar-refractivity contribution < 1.29 is 14.3 Å². The van der Waals surface area contributed by atoms with E-state index in [2.05, 4.69) is 22.8 Å². The molecule has 0 radical (unpaired) electrons. The van der Waals surface area contributed by atoms with E-state index >= 15 is 0 Å². The largest absolute Gasteiger partial charge is 0.481 e. The van der Waals surface area contributed by atoms with Gasteiger partial charge in [0.15, 0.2) is 6.10 Å². The fraction of sp³-hybridized carbons (Fsp3) is 0.440. The first-order chi connectivity index (χ1) is 14.5. The average Bonchev–Trinajstić information content (AvgIpc) is 2.76. The fourth-order valence-corrected chi connectivity index (χ4v) is 3.67. The third kappa shape index (κ3) is 5.62. The molecular formula is C25H32N2O3. The monoisotopic (exact) mass is 408 g/mol. The summed E-state index contributed by atoms with van der Waals surface area (Å²) in [7, 11) is 0. The Bertz CT molecular complexity index is 892. The summed E-state index contributed by atoms with van der Waals surface area (Å²) >= 11 is 0. The van der Waals surface area contributed by atoms with Crippen LogP contribution in [-0.2, 0) is 17.6 Å². The minimum absolute atomic E-state index is 0.191. The first-order valence-electron chi connectivity index (χ1n) is 10.9. The van der Waals surface area contributed by atoms with Crippen molar-refractivity contribution >= 4 is 17.5 Å². The second-order valence-corrected chi connectivity index (χ2v) is 8.29. The zero-order chi connectivity index (χ0) is 21.5. The summed E-state index contributed by atoms with van der Waals surface area (Å²) in [6.45, 7) is 6.58. The highest BCUT2D eigenvalue weighted by atomic mass is 16.5. The highest BCUT2D eigenvalue weighted by Crippen LogP contribution is 2.26. The summed E-state index contributed by atoms with van der Waals surface area (Å²) in [6.07, 6.45) is 4.52. The van der Waals surface area contributed by atoms with E-state index in [0.717, 1.165) is 18.6 Å². The van der Waals surface area contributed by atoms with Crippen molar-refractivity contribution in [2.75, 3.05) is 11.9 Å². The molecule has 2 aromatic rings. The van der Waals surface area contributed by atoms with Gasteiger partial charge in [0.2, 0.25) is 0 Å². The van der Waals surface area contributed by atoms with Crippen molar-refractivity contribution in [3.8, 4) is 5.75 Å². The SMILES string of the molecule is CCC(Oc1ccc2c(c1)CCCC2)C(=O)Nc1ccccc1C(=O)NCC(C)C. The predicted octanol–water partition coefficient (Wildman–Crippen LogP) is 4.75. The minimum Gasteiger partial charge on any atom is -0.481 e. The molecular weight excluding hydrogens is 376 g/mol. The van der Waals surface area contributed by atoms with E-state index in [1.54, 1.807) is 24.3 Å². The minimum atomic E-state index is -0.626. The summed E-state index contributed by atoms with van der Waals surface area (Å²) in [6, 6.07) is 13.2. The summed E-state index contributed by atoms with van der Waals surface area (Å²) < 4.78 is 6.03. The topological polar surface area (TPSA) is 67.4 Å². The van der Waals surface area contributed by atoms with Gasteiger partial charge in [-0.25, -0.2) is 0 Å². The lowest BCUT2D eigenvalue weighted by molar-refractivity contribution is -0.122. The maximum Gasteiger partial charge on any atom is 0.265 e. The van der Waals surface area contributed by atoms with Crippen LogP contribution < -0.4 is 15.4 Å². The smallest absolute Gasteiger partial charge is 0.265 e. The van der Waals surface area contributed by atoms with Gasteiger partial charge in [-0.3, -0.25) is 9.59 Å². The van der Waals surface area contributed by atoms with Gasteiger partial charge in [0.1, 0.15) is 5.75 Å².